The largest absolute Gasteiger partial charge is 0.447 e. The van der Waals surface area contributed by atoms with E-state index in [0.29, 0.717) is 43.4 Å². The second-order valence-electron chi connectivity index (χ2n) is 8.64. The van der Waals surface area contributed by atoms with Crippen molar-refractivity contribution in [2.75, 3.05) is 20.3 Å². The minimum atomic E-state index is -0.392. The van der Waals surface area contributed by atoms with Crippen molar-refractivity contribution in [3.8, 4) is 0 Å². The highest BCUT2D eigenvalue weighted by atomic mass is 16.6. The normalized spacial score (nSPS) is 21.9. The van der Waals surface area contributed by atoms with Crippen molar-refractivity contribution in [3.05, 3.63) is 35.4 Å². The molecule has 0 saturated heterocycles. The van der Waals surface area contributed by atoms with Crippen LogP contribution in [-0.2, 0) is 9.47 Å². The molecule has 3 amide bonds. The van der Waals surface area contributed by atoms with Crippen LogP contribution in [0.3, 0.4) is 0 Å². The number of hydrogen-bond acceptors (Lipinski definition) is 5. The SMILES string of the molecule is COCCOC(=O)N(C1CCC(N2C(=O)c3ccccc3C2=O)CC1)C(C)(C)C. The molecule has 0 radical (unpaired) electrons. The number of ether oxygens (including phenoxy) is 2. The molecule has 1 saturated carbocycles. The number of amides is 3. The molecule has 2 aliphatic rings. The van der Waals surface area contributed by atoms with Gasteiger partial charge in [-0.05, 0) is 58.6 Å². The Morgan fingerprint density at radius 1 is 1.03 bits per heavy atom. The second kappa shape index (κ2) is 8.53. The predicted molar refractivity (Wildman–Crippen MR) is 108 cm³/mol. The van der Waals surface area contributed by atoms with Crippen LogP contribution >= 0.6 is 0 Å². The van der Waals surface area contributed by atoms with Gasteiger partial charge in [0.25, 0.3) is 11.8 Å². The maximum Gasteiger partial charge on any atom is 0.410 e. The van der Waals surface area contributed by atoms with E-state index in [0.717, 1.165) is 0 Å². The molecule has 0 spiro atoms. The van der Waals surface area contributed by atoms with E-state index in [1.807, 2.05) is 20.8 Å². The average Bonchev–Trinajstić information content (AvgIpc) is 2.93. The van der Waals surface area contributed by atoms with Crippen LogP contribution in [0.5, 0.6) is 0 Å². The molecule has 1 fully saturated rings. The molecule has 7 heteroatoms. The number of hydrogen-bond donors (Lipinski definition) is 0. The first kappa shape index (κ1) is 21.3. The third-order valence-electron chi connectivity index (χ3n) is 5.65. The van der Waals surface area contributed by atoms with E-state index in [1.54, 1.807) is 36.3 Å². The number of fused-ring (bicyclic) bond motifs is 1. The van der Waals surface area contributed by atoms with Crippen molar-refractivity contribution in [1.82, 2.24) is 9.80 Å². The maximum absolute atomic E-state index is 12.7. The van der Waals surface area contributed by atoms with E-state index in [-0.39, 0.29) is 36.6 Å². The Kier molecular flexibility index (Phi) is 6.27. The van der Waals surface area contributed by atoms with Crippen molar-refractivity contribution in [2.24, 2.45) is 0 Å². The number of methoxy groups -OCH3 is 1. The summed E-state index contributed by atoms with van der Waals surface area (Å²) in [6.07, 6.45) is 2.43. The minimum Gasteiger partial charge on any atom is -0.447 e. The van der Waals surface area contributed by atoms with Gasteiger partial charge < -0.3 is 14.4 Å². The number of carbonyl (C=O) groups excluding carboxylic acids is 3. The molecule has 0 atom stereocenters. The molecule has 1 aromatic carbocycles. The van der Waals surface area contributed by atoms with Crippen molar-refractivity contribution in [3.63, 3.8) is 0 Å². The Bertz CT molecular complexity index is 743. The van der Waals surface area contributed by atoms with E-state index in [2.05, 4.69) is 0 Å². The Morgan fingerprint density at radius 3 is 2.07 bits per heavy atom. The van der Waals surface area contributed by atoms with Crippen molar-refractivity contribution in [2.45, 2.75) is 64.1 Å². The van der Waals surface area contributed by atoms with Gasteiger partial charge >= 0.3 is 6.09 Å². The second-order valence-corrected chi connectivity index (χ2v) is 8.64. The van der Waals surface area contributed by atoms with E-state index in [9.17, 15) is 14.4 Å². The van der Waals surface area contributed by atoms with Crippen LogP contribution in [0.4, 0.5) is 4.79 Å². The summed E-state index contributed by atoms with van der Waals surface area (Å²) in [5.74, 6) is -0.415. The van der Waals surface area contributed by atoms with Crippen molar-refractivity contribution >= 4 is 17.9 Å². The third-order valence-corrected chi connectivity index (χ3v) is 5.65. The summed E-state index contributed by atoms with van der Waals surface area (Å²) in [7, 11) is 1.57. The first-order chi connectivity index (χ1) is 13.8. The summed E-state index contributed by atoms with van der Waals surface area (Å²) < 4.78 is 10.3. The van der Waals surface area contributed by atoms with Gasteiger partial charge in [-0.3, -0.25) is 14.5 Å². The lowest BCUT2D eigenvalue weighted by molar-refractivity contribution is 0.0137. The molecule has 1 aliphatic heterocycles. The fraction of sp³-hybridized carbons (Fsp3) is 0.591. The number of imide groups is 1. The van der Waals surface area contributed by atoms with Gasteiger partial charge in [0.1, 0.15) is 6.61 Å². The topological polar surface area (TPSA) is 76.2 Å². The van der Waals surface area contributed by atoms with Gasteiger partial charge in [-0.2, -0.15) is 0 Å². The van der Waals surface area contributed by atoms with Crippen LogP contribution in [0.1, 0.15) is 67.2 Å². The lowest BCUT2D eigenvalue weighted by Gasteiger charge is -2.44. The first-order valence-corrected chi connectivity index (χ1v) is 10.2. The van der Waals surface area contributed by atoms with E-state index in [4.69, 9.17) is 9.47 Å². The van der Waals surface area contributed by atoms with E-state index >= 15 is 0 Å². The maximum atomic E-state index is 12.7. The molecule has 0 bridgehead atoms. The molecule has 158 valence electrons. The van der Waals surface area contributed by atoms with Crippen LogP contribution in [0.25, 0.3) is 0 Å². The molecular formula is C22H30N2O5. The van der Waals surface area contributed by atoms with Gasteiger partial charge in [-0.25, -0.2) is 4.79 Å². The highest BCUT2D eigenvalue weighted by molar-refractivity contribution is 6.21. The van der Waals surface area contributed by atoms with Crippen LogP contribution in [0.2, 0.25) is 0 Å². The summed E-state index contributed by atoms with van der Waals surface area (Å²) >= 11 is 0. The fourth-order valence-corrected chi connectivity index (χ4v) is 4.37. The standard InChI is InChI=1S/C22H30N2O5/c1-22(2,3)24(21(27)29-14-13-28-4)16-11-9-15(10-12-16)23-19(25)17-7-5-6-8-18(17)20(23)26/h5-8,15-16H,9-14H2,1-4H3. The monoisotopic (exact) mass is 402 g/mol. The van der Waals surface area contributed by atoms with Crippen molar-refractivity contribution in [1.29, 1.82) is 0 Å². The van der Waals surface area contributed by atoms with Crippen molar-refractivity contribution < 1.29 is 23.9 Å². The molecule has 7 nitrogen and oxygen atoms in total. The van der Waals surface area contributed by atoms with Gasteiger partial charge in [-0.15, -0.1) is 0 Å². The molecule has 29 heavy (non-hydrogen) atoms. The minimum absolute atomic E-state index is 0.0106. The summed E-state index contributed by atoms with van der Waals surface area (Å²) in [6.45, 7) is 6.53. The zero-order valence-electron chi connectivity index (χ0n) is 17.6. The molecule has 1 aliphatic carbocycles. The molecule has 1 heterocycles. The van der Waals surface area contributed by atoms with Gasteiger partial charge in [0.2, 0.25) is 0 Å². The number of rotatable bonds is 5. The molecule has 3 rings (SSSR count). The summed E-state index contributed by atoms with van der Waals surface area (Å²) in [4.78, 5) is 41.4. The average molecular weight is 402 g/mol. The fourth-order valence-electron chi connectivity index (χ4n) is 4.37. The van der Waals surface area contributed by atoms with Crippen LogP contribution in [0, 0.1) is 0 Å². The highest BCUT2D eigenvalue weighted by Crippen LogP contribution is 2.34. The summed E-state index contributed by atoms with van der Waals surface area (Å²) in [5, 5.41) is 0. The lowest BCUT2D eigenvalue weighted by atomic mass is 9.87. The Balaban J connectivity index is 1.67. The van der Waals surface area contributed by atoms with E-state index < -0.39 is 5.54 Å². The van der Waals surface area contributed by atoms with Gasteiger partial charge in [0, 0.05) is 24.7 Å². The molecule has 0 aromatic heterocycles. The lowest BCUT2D eigenvalue weighted by Crippen LogP contribution is -2.54. The zero-order valence-corrected chi connectivity index (χ0v) is 17.6. The summed E-state index contributed by atoms with van der Waals surface area (Å²) in [5.41, 5.74) is 0.576. The van der Waals surface area contributed by atoms with Crippen LogP contribution in [-0.4, -0.2) is 65.7 Å². The van der Waals surface area contributed by atoms with Gasteiger partial charge in [-0.1, -0.05) is 12.1 Å². The van der Waals surface area contributed by atoms with Gasteiger partial charge in [0.15, 0.2) is 0 Å². The molecular weight excluding hydrogens is 372 g/mol. The smallest absolute Gasteiger partial charge is 0.410 e. The molecule has 0 unspecified atom stereocenters. The highest BCUT2D eigenvalue weighted by Gasteiger charge is 2.43. The zero-order chi connectivity index (χ0) is 21.2. The summed E-state index contributed by atoms with van der Waals surface area (Å²) in [6, 6.07) is 6.85. The number of carbonyl (C=O) groups is 3. The quantitative estimate of drug-likeness (QED) is 0.557. The Labute approximate surface area is 171 Å². The predicted octanol–water partition coefficient (Wildman–Crippen LogP) is 3.48. The number of nitrogens with zero attached hydrogens (tertiary/aromatic N) is 2. The van der Waals surface area contributed by atoms with E-state index in [1.165, 1.54) is 4.90 Å². The van der Waals surface area contributed by atoms with Gasteiger partial charge in [0.05, 0.1) is 17.7 Å². The van der Waals surface area contributed by atoms with Crippen LogP contribution < -0.4 is 0 Å². The Hall–Kier alpha value is -2.41. The molecule has 1 aromatic rings. The number of benzene rings is 1. The van der Waals surface area contributed by atoms with Crippen LogP contribution in [0.15, 0.2) is 24.3 Å². The third kappa shape index (κ3) is 4.29. The molecule has 0 N–H and O–H groups in total. The first-order valence-electron chi connectivity index (χ1n) is 10.2. The Morgan fingerprint density at radius 2 is 1.59 bits per heavy atom.